The van der Waals surface area contributed by atoms with Crippen LogP contribution in [0.5, 0.6) is 0 Å². The Labute approximate surface area is 166 Å². The summed E-state index contributed by atoms with van der Waals surface area (Å²) < 4.78 is 1.85. The zero-order chi connectivity index (χ0) is 19.2. The number of carbonyl (C=O) groups is 1. The molecule has 138 valence electrons. The van der Waals surface area contributed by atoms with Crippen molar-refractivity contribution in [3.63, 3.8) is 0 Å². The normalized spacial score (nSPS) is 11.1. The Bertz CT molecular complexity index is 968. The number of hydrazone groups is 1. The van der Waals surface area contributed by atoms with Crippen LogP contribution in [0.4, 0.5) is 0 Å². The number of benzene rings is 2. The van der Waals surface area contributed by atoms with Gasteiger partial charge in [0.2, 0.25) is 0 Å². The van der Waals surface area contributed by atoms with Crippen LogP contribution in [-0.2, 0) is 11.8 Å². The lowest BCUT2D eigenvalue weighted by atomic mass is 10.1. The van der Waals surface area contributed by atoms with Crippen molar-refractivity contribution in [2.45, 2.75) is 12.1 Å². The molecule has 8 heteroatoms. The van der Waals surface area contributed by atoms with Crippen LogP contribution in [0.1, 0.15) is 11.1 Å². The average Bonchev–Trinajstić information content (AvgIpc) is 3.03. The standard InChI is InChI=1S/C19H18ClN5OS/c1-13-5-3-4-6-15(13)11-21-22-17(26)12-27-19-24-23-18(25(19)2)14-7-9-16(20)10-8-14/h3-11H,12H2,1-2H3,(H,22,26)/b21-11+. The van der Waals surface area contributed by atoms with Gasteiger partial charge in [-0.05, 0) is 42.3 Å². The summed E-state index contributed by atoms with van der Waals surface area (Å²) >= 11 is 7.22. The van der Waals surface area contributed by atoms with Gasteiger partial charge in [-0.15, -0.1) is 10.2 Å². The molecule has 0 atom stereocenters. The molecule has 3 rings (SSSR count). The Hall–Kier alpha value is -2.64. The van der Waals surface area contributed by atoms with Crippen LogP contribution < -0.4 is 5.43 Å². The van der Waals surface area contributed by atoms with E-state index in [1.807, 2.05) is 54.9 Å². The second kappa shape index (κ2) is 8.83. The number of aromatic nitrogens is 3. The molecule has 0 unspecified atom stereocenters. The maximum Gasteiger partial charge on any atom is 0.250 e. The first-order valence-corrected chi connectivity index (χ1v) is 9.56. The SMILES string of the molecule is Cc1ccccc1/C=N/NC(=O)CSc1nnc(-c2ccc(Cl)cc2)n1C. The van der Waals surface area contributed by atoms with Gasteiger partial charge in [-0.25, -0.2) is 5.43 Å². The Kier molecular flexibility index (Phi) is 6.26. The highest BCUT2D eigenvalue weighted by atomic mass is 35.5. The molecule has 0 fully saturated rings. The van der Waals surface area contributed by atoms with Gasteiger partial charge in [0.15, 0.2) is 11.0 Å². The topological polar surface area (TPSA) is 72.2 Å². The number of nitrogens with zero attached hydrogens (tertiary/aromatic N) is 4. The van der Waals surface area contributed by atoms with Crippen molar-refractivity contribution in [1.82, 2.24) is 20.2 Å². The molecule has 3 aromatic rings. The summed E-state index contributed by atoms with van der Waals surface area (Å²) in [5.41, 5.74) is 5.50. The number of rotatable bonds is 6. The lowest BCUT2D eigenvalue weighted by Crippen LogP contribution is -2.20. The van der Waals surface area contributed by atoms with Crippen LogP contribution in [0.25, 0.3) is 11.4 Å². The molecule has 1 aromatic heterocycles. The molecule has 6 nitrogen and oxygen atoms in total. The van der Waals surface area contributed by atoms with Gasteiger partial charge < -0.3 is 4.57 Å². The van der Waals surface area contributed by atoms with Crippen LogP contribution in [0.15, 0.2) is 58.8 Å². The third kappa shape index (κ3) is 4.96. The molecule has 1 heterocycles. The summed E-state index contributed by atoms with van der Waals surface area (Å²) in [5.74, 6) is 0.700. The summed E-state index contributed by atoms with van der Waals surface area (Å²) in [7, 11) is 1.86. The molecule has 0 aliphatic carbocycles. The number of amides is 1. The van der Waals surface area contributed by atoms with Crippen LogP contribution in [0, 0.1) is 6.92 Å². The molecule has 1 N–H and O–H groups in total. The molecule has 1 amide bonds. The van der Waals surface area contributed by atoms with E-state index in [-0.39, 0.29) is 11.7 Å². The maximum atomic E-state index is 12.0. The smallest absolute Gasteiger partial charge is 0.250 e. The first-order chi connectivity index (χ1) is 13.0. The minimum atomic E-state index is -0.208. The molecule has 0 radical (unpaired) electrons. The fourth-order valence-corrected chi connectivity index (χ4v) is 3.19. The molecular formula is C19H18ClN5OS. The van der Waals surface area contributed by atoms with Gasteiger partial charge in [-0.3, -0.25) is 4.79 Å². The lowest BCUT2D eigenvalue weighted by molar-refractivity contribution is -0.118. The van der Waals surface area contributed by atoms with Crippen LogP contribution in [0.3, 0.4) is 0 Å². The van der Waals surface area contributed by atoms with Crippen LogP contribution in [0.2, 0.25) is 5.02 Å². The first kappa shape index (κ1) is 19.1. The summed E-state index contributed by atoms with van der Waals surface area (Å²) in [6.45, 7) is 1.99. The molecule has 2 aromatic carbocycles. The predicted molar refractivity (Wildman–Crippen MR) is 109 cm³/mol. The van der Waals surface area contributed by atoms with Gasteiger partial charge in [0, 0.05) is 17.6 Å². The molecule has 0 aliphatic rings. The van der Waals surface area contributed by atoms with Crippen molar-refractivity contribution >= 4 is 35.5 Å². The van der Waals surface area contributed by atoms with Crippen LogP contribution >= 0.6 is 23.4 Å². The van der Waals surface area contributed by atoms with E-state index in [0.717, 1.165) is 16.7 Å². The van der Waals surface area contributed by atoms with Crippen molar-refractivity contribution in [3.8, 4) is 11.4 Å². The number of thioether (sulfide) groups is 1. The minimum absolute atomic E-state index is 0.192. The Morgan fingerprint density at radius 1 is 1.22 bits per heavy atom. The molecule has 0 bridgehead atoms. The quantitative estimate of drug-likeness (QED) is 0.390. The second-order valence-electron chi connectivity index (χ2n) is 5.81. The average molecular weight is 400 g/mol. The third-order valence-corrected chi connectivity index (χ3v) is 5.12. The van der Waals surface area contributed by atoms with Gasteiger partial charge in [-0.1, -0.05) is 47.6 Å². The van der Waals surface area contributed by atoms with Crippen molar-refractivity contribution in [1.29, 1.82) is 0 Å². The minimum Gasteiger partial charge on any atom is -0.305 e. The third-order valence-electron chi connectivity index (χ3n) is 3.85. The van der Waals surface area contributed by atoms with E-state index in [9.17, 15) is 4.79 Å². The molecule has 27 heavy (non-hydrogen) atoms. The Morgan fingerprint density at radius 2 is 1.96 bits per heavy atom. The molecule has 0 spiro atoms. The van der Waals surface area contributed by atoms with E-state index in [1.54, 1.807) is 18.3 Å². The zero-order valence-corrected chi connectivity index (χ0v) is 16.5. The van der Waals surface area contributed by atoms with E-state index in [0.29, 0.717) is 16.0 Å². The molecule has 0 saturated heterocycles. The zero-order valence-electron chi connectivity index (χ0n) is 14.9. The van der Waals surface area contributed by atoms with Crippen molar-refractivity contribution in [3.05, 3.63) is 64.7 Å². The first-order valence-electron chi connectivity index (χ1n) is 8.20. The second-order valence-corrected chi connectivity index (χ2v) is 7.19. The number of halogens is 1. The van der Waals surface area contributed by atoms with E-state index in [1.165, 1.54) is 11.8 Å². The van der Waals surface area contributed by atoms with Crippen molar-refractivity contribution < 1.29 is 4.79 Å². The van der Waals surface area contributed by atoms with Crippen molar-refractivity contribution in [2.75, 3.05) is 5.75 Å². The van der Waals surface area contributed by atoms with Gasteiger partial charge in [0.1, 0.15) is 0 Å². The largest absolute Gasteiger partial charge is 0.305 e. The molecule has 0 saturated carbocycles. The molecular weight excluding hydrogens is 382 g/mol. The number of hydrogen-bond donors (Lipinski definition) is 1. The van der Waals surface area contributed by atoms with E-state index in [2.05, 4.69) is 20.7 Å². The van der Waals surface area contributed by atoms with Gasteiger partial charge in [0.05, 0.1) is 12.0 Å². The maximum absolute atomic E-state index is 12.0. The van der Waals surface area contributed by atoms with E-state index < -0.39 is 0 Å². The lowest BCUT2D eigenvalue weighted by Gasteiger charge is -2.04. The fraction of sp³-hybridized carbons (Fsp3) is 0.158. The monoisotopic (exact) mass is 399 g/mol. The van der Waals surface area contributed by atoms with E-state index >= 15 is 0 Å². The number of hydrogen-bond acceptors (Lipinski definition) is 5. The van der Waals surface area contributed by atoms with Crippen molar-refractivity contribution in [2.24, 2.45) is 12.1 Å². The summed E-state index contributed by atoms with van der Waals surface area (Å²) in [6, 6.07) is 15.2. The summed E-state index contributed by atoms with van der Waals surface area (Å²) in [4.78, 5) is 12.0. The Balaban J connectivity index is 1.56. The van der Waals surface area contributed by atoms with Gasteiger partial charge in [0.25, 0.3) is 5.91 Å². The number of carbonyl (C=O) groups excluding carboxylic acids is 1. The van der Waals surface area contributed by atoms with Gasteiger partial charge in [-0.2, -0.15) is 5.10 Å². The molecule has 0 aliphatic heterocycles. The fourth-order valence-electron chi connectivity index (χ4n) is 2.36. The van der Waals surface area contributed by atoms with Crippen LogP contribution in [-0.4, -0.2) is 32.6 Å². The predicted octanol–water partition coefficient (Wildman–Crippen LogP) is 3.69. The number of aryl methyl sites for hydroxylation is 1. The summed E-state index contributed by atoms with van der Waals surface area (Å²) in [6.07, 6.45) is 1.64. The highest BCUT2D eigenvalue weighted by molar-refractivity contribution is 7.99. The number of nitrogens with one attached hydrogen (secondary N) is 1. The Morgan fingerprint density at radius 3 is 2.70 bits per heavy atom. The van der Waals surface area contributed by atoms with Gasteiger partial charge >= 0.3 is 0 Å². The highest BCUT2D eigenvalue weighted by Crippen LogP contribution is 2.23. The van der Waals surface area contributed by atoms with E-state index in [4.69, 9.17) is 11.6 Å². The summed E-state index contributed by atoms with van der Waals surface area (Å²) in [5, 5.41) is 13.7. The highest BCUT2D eigenvalue weighted by Gasteiger charge is 2.12.